The van der Waals surface area contributed by atoms with Crippen molar-refractivity contribution in [3.05, 3.63) is 22.4 Å². The lowest BCUT2D eigenvalue weighted by molar-refractivity contribution is 0.00301. The minimum Gasteiger partial charge on any atom is -0.389 e. The molecule has 0 bridgehead atoms. The van der Waals surface area contributed by atoms with Crippen molar-refractivity contribution < 1.29 is 5.11 Å². The molecule has 1 saturated carbocycles. The molecule has 1 aromatic heterocycles. The molecule has 2 rings (SSSR count). The van der Waals surface area contributed by atoms with Gasteiger partial charge in [-0.15, -0.1) is 0 Å². The topological polar surface area (TPSA) is 32.3 Å². The molecule has 2 N–H and O–H groups in total. The highest BCUT2D eigenvalue weighted by Gasteiger charge is 2.29. The highest BCUT2D eigenvalue weighted by molar-refractivity contribution is 7.07. The van der Waals surface area contributed by atoms with Gasteiger partial charge < -0.3 is 10.4 Å². The zero-order valence-corrected chi connectivity index (χ0v) is 10.7. The maximum atomic E-state index is 10.4. The van der Waals surface area contributed by atoms with Crippen LogP contribution in [0, 0.1) is 0 Å². The van der Waals surface area contributed by atoms with Gasteiger partial charge in [-0.25, -0.2) is 0 Å². The molecule has 0 radical (unpaired) electrons. The van der Waals surface area contributed by atoms with Crippen molar-refractivity contribution in [1.29, 1.82) is 0 Å². The number of rotatable bonds is 4. The summed E-state index contributed by atoms with van der Waals surface area (Å²) in [6.07, 6.45) is 5.53. The van der Waals surface area contributed by atoms with E-state index in [2.05, 4.69) is 29.1 Å². The normalized spacial score (nSPS) is 21.9. The van der Waals surface area contributed by atoms with E-state index in [9.17, 15) is 5.11 Å². The van der Waals surface area contributed by atoms with Gasteiger partial charge in [-0.1, -0.05) is 19.3 Å². The quantitative estimate of drug-likeness (QED) is 0.846. The van der Waals surface area contributed by atoms with E-state index in [1.54, 1.807) is 11.3 Å². The molecule has 16 heavy (non-hydrogen) atoms. The van der Waals surface area contributed by atoms with Gasteiger partial charge in [0, 0.05) is 12.6 Å². The summed E-state index contributed by atoms with van der Waals surface area (Å²) < 4.78 is 0. The molecule has 0 aromatic carbocycles. The number of hydrogen-bond donors (Lipinski definition) is 2. The molecule has 1 aliphatic carbocycles. The number of aliphatic hydroxyl groups is 1. The first-order chi connectivity index (χ1) is 7.70. The van der Waals surface area contributed by atoms with Crippen molar-refractivity contribution >= 4 is 11.3 Å². The molecule has 90 valence electrons. The Labute approximate surface area is 102 Å². The van der Waals surface area contributed by atoms with Crippen molar-refractivity contribution in [2.75, 3.05) is 6.54 Å². The van der Waals surface area contributed by atoms with E-state index in [1.807, 2.05) is 0 Å². The summed E-state index contributed by atoms with van der Waals surface area (Å²) in [5.41, 5.74) is 0.868. The second-order valence-electron chi connectivity index (χ2n) is 4.94. The summed E-state index contributed by atoms with van der Waals surface area (Å²) in [5, 5.41) is 18.1. The van der Waals surface area contributed by atoms with Crippen LogP contribution in [0.4, 0.5) is 0 Å². The molecule has 1 unspecified atom stereocenters. The van der Waals surface area contributed by atoms with E-state index in [0.717, 1.165) is 19.4 Å². The van der Waals surface area contributed by atoms with E-state index in [0.29, 0.717) is 6.04 Å². The molecule has 1 aromatic rings. The lowest BCUT2D eigenvalue weighted by atomic mass is 9.84. The summed E-state index contributed by atoms with van der Waals surface area (Å²) in [4.78, 5) is 0. The third kappa shape index (κ3) is 3.06. The number of thiophene rings is 1. The van der Waals surface area contributed by atoms with Gasteiger partial charge in [0.05, 0.1) is 5.60 Å². The van der Waals surface area contributed by atoms with E-state index in [1.165, 1.54) is 24.8 Å². The zero-order chi connectivity index (χ0) is 11.4. The van der Waals surface area contributed by atoms with Crippen LogP contribution in [-0.2, 0) is 0 Å². The fourth-order valence-corrected chi connectivity index (χ4v) is 3.12. The summed E-state index contributed by atoms with van der Waals surface area (Å²) in [7, 11) is 0. The van der Waals surface area contributed by atoms with Crippen molar-refractivity contribution in [2.45, 2.75) is 50.7 Å². The molecule has 1 fully saturated rings. The van der Waals surface area contributed by atoms with E-state index in [-0.39, 0.29) is 0 Å². The monoisotopic (exact) mass is 239 g/mol. The van der Waals surface area contributed by atoms with Crippen molar-refractivity contribution in [3.63, 3.8) is 0 Å². The molecular formula is C13H21NOS. The predicted molar refractivity (Wildman–Crippen MR) is 68.8 cm³/mol. The maximum absolute atomic E-state index is 10.4. The summed E-state index contributed by atoms with van der Waals surface area (Å²) in [5.74, 6) is 0. The fourth-order valence-electron chi connectivity index (χ4n) is 2.37. The number of hydrogen-bond acceptors (Lipinski definition) is 3. The lowest BCUT2D eigenvalue weighted by Crippen LogP contribution is -2.42. The standard InChI is InChI=1S/C13H21NOS/c1-11(12-5-8-16-9-12)14-10-13(15)6-3-2-4-7-13/h5,8-9,11,14-15H,2-4,6-7,10H2,1H3. The van der Waals surface area contributed by atoms with Crippen LogP contribution in [0.25, 0.3) is 0 Å². The summed E-state index contributed by atoms with van der Waals surface area (Å²) in [6, 6.07) is 2.49. The number of nitrogens with one attached hydrogen (secondary N) is 1. The van der Waals surface area contributed by atoms with Crippen LogP contribution in [0.15, 0.2) is 16.8 Å². The van der Waals surface area contributed by atoms with Gasteiger partial charge in [0.2, 0.25) is 0 Å². The molecule has 1 atom stereocenters. The Bertz CT molecular complexity index is 304. The van der Waals surface area contributed by atoms with E-state index < -0.39 is 5.60 Å². The van der Waals surface area contributed by atoms with Crippen molar-refractivity contribution in [3.8, 4) is 0 Å². The lowest BCUT2D eigenvalue weighted by Gasteiger charge is -2.33. The molecule has 0 spiro atoms. The van der Waals surface area contributed by atoms with E-state index >= 15 is 0 Å². The molecule has 2 nitrogen and oxygen atoms in total. The first-order valence-electron chi connectivity index (χ1n) is 6.17. The SMILES string of the molecule is CC(NCC1(O)CCCCC1)c1ccsc1. The van der Waals surface area contributed by atoms with Crippen LogP contribution >= 0.6 is 11.3 Å². The van der Waals surface area contributed by atoms with Crippen LogP contribution in [0.3, 0.4) is 0 Å². The third-order valence-electron chi connectivity index (χ3n) is 3.56. The smallest absolute Gasteiger partial charge is 0.0771 e. The van der Waals surface area contributed by atoms with Crippen LogP contribution in [0.1, 0.15) is 50.6 Å². The van der Waals surface area contributed by atoms with Crippen molar-refractivity contribution in [1.82, 2.24) is 5.32 Å². The van der Waals surface area contributed by atoms with Crippen LogP contribution in [-0.4, -0.2) is 17.3 Å². The molecule has 1 heterocycles. The minimum absolute atomic E-state index is 0.345. The Balaban J connectivity index is 1.82. The zero-order valence-electron chi connectivity index (χ0n) is 9.91. The summed E-state index contributed by atoms with van der Waals surface area (Å²) >= 11 is 1.73. The van der Waals surface area contributed by atoms with Gasteiger partial charge in [-0.05, 0) is 42.2 Å². The van der Waals surface area contributed by atoms with Gasteiger partial charge in [-0.2, -0.15) is 11.3 Å². The highest BCUT2D eigenvalue weighted by atomic mass is 32.1. The third-order valence-corrected chi connectivity index (χ3v) is 4.27. The molecule has 0 amide bonds. The minimum atomic E-state index is -0.456. The fraction of sp³-hybridized carbons (Fsp3) is 0.692. The van der Waals surface area contributed by atoms with Gasteiger partial charge >= 0.3 is 0 Å². The second kappa shape index (κ2) is 5.30. The molecule has 1 aliphatic rings. The Morgan fingerprint density at radius 2 is 2.19 bits per heavy atom. The molecule has 0 aliphatic heterocycles. The Kier molecular flexibility index (Phi) is 4.00. The van der Waals surface area contributed by atoms with Gasteiger partial charge in [0.15, 0.2) is 0 Å². The van der Waals surface area contributed by atoms with E-state index in [4.69, 9.17) is 0 Å². The Morgan fingerprint density at radius 1 is 1.44 bits per heavy atom. The molecule has 0 saturated heterocycles. The maximum Gasteiger partial charge on any atom is 0.0771 e. The van der Waals surface area contributed by atoms with Gasteiger partial charge in [-0.3, -0.25) is 0 Å². The first-order valence-corrected chi connectivity index (χ1v) is 7.12. The first kappa shape index (κ1) is 12.1. The average molecular weight is 239 g/mol. The average Bonchev–Trinajstić information content (AvgIpc) is 2.80. The molecular weight excluding hydrogens is 218 g/mol. The Morgan fingerprint density at radius 3 is 2.81 bits per heavy atom. The van der Waals surface area contributed by atoms with Gasteiger partial charge in [0.25, 0.3) is 0 Å². The molecule has 3 heteroatoms. The van der Waals surface area contributed by atoms with Gasteiger partial charge in [0.1, 0.15) is 0 Å². The largest absolute Gasteiger partial charge is 0.389 e. The second-order valence-corrected chi connectivity index (χ2v) is 5.72. The summed E-state index contributed by atoms with van der Waals surface area (Å²) in [6.45, 7) is 2.89. The van der Waals surface area contributed by atoms with Crippen LogP contribution < -0.4 is 5.32 Å². The van der Waals surface area contributed by atoms with Crippen LogP contribution in [0.5, 0.6) is 0 Å². The highest BCUT2D eigenvalue weighted by Crippen LogP contribution is 2.28. The van der Waals surface area contributed by atoms with Crippen molar-refractivity contribution in [2.24, 2.45) is 0 Å². The Hall–Kier alpha value is -0.380. The predicted octanol–water partition coefficient (Wildman–Crippen LogP) is 3.09. The van der Waals surface area contributed by atoms with Crippen LogP contribution in [0.2, 0.25) is 0 Å².